The second-order valence-corrected chi connectivity index (χ2v) is 6.04. The van der Waals surface area contributed by atoms with E-state index in [-0.39, 0.29) is 18.2 Å². The summed E-state index contributed by atoms with van der Waals surface area (Å²) in [5.41, 5.74) is 1.18. The molecule has 1 amide bonds. The molecule has 2 aromatic rings. The summed E-state index contributed by atoms with van der Waals surface area (Å²) in [6.07, 6.45) is -0.200. The second-order valence-electron chi connectivity index (χ2n) is 6.04. The number of fused-ring (bicyclic) bond motifs is 1. The number of rotatable bonds is 3. The van der Waals surface area contributed by atoms with Gasteiger partial charge in [-0.15, -0.1) is 0 Å². The Bertz CT molecular complexity index is 660. The lowest BCUT2D eigenvalue weighted by molar-refractivity contribution is 0.143. The molecule has 1 saturated heterocycles. The molecule has 0 spiro atoms. The fraction of sp³-hybridized carbons (Fsp3) is 0.389. The predicted molar refractivity (Wildman–Crippen MR) is 84.2 cm³/mol. The lowest BCUT2D eigenvalue weighted by Gasteiger charge is -2.31. The molecule has 110 valence electrons. The van der Waals surface area contributed by atoms with Gasteiger partial charge < -0.3 is 4.74 Å². The lowest BCUT2D eigenvalue weighted by Crippen LogP contribution is -2.39. The van der Waals surface area contributed by atoms with Crippen LogP contribution in [-0.4, -0.2) is 23.6 Å². The topological polar surface area (TPSA) is 29.5 Å². The minimum atomic E-state index is -0.200. The van der Waals surface area contributed by atoms with E-state index in [2.05, 4.69) is 51.1 Å². The lowest BCUT2D eigenvalue weighted by atomic mass is 9.96. The Morgan fingerprint density at radius 3 is 2.57 bits per heavy atom. The van der Waals surface area contributed by atoms with E-state index in [0.29, 0.717) is 12.5 Å². The first-order valence-electron chi connectivity index (χ1n) is 7.52. The van der Waals surface area contributed by atoms with Crippen molar-refractivity contribution in [2.24, 2.45) is 5.92 Å². The normalized spacial score (nSPS) is 20.1. The highest BCUT2D eigenvalue weighted by Crippen LogP contribution is 2.33. The number of cyclic esters (lactones) is 1. The largest absolute Gasteiger partial charge is 0.447 e. The van der Waals surface area contributed by atoms with Crippen LogP contribution >= 0.6 is 0 Å². The smallest absolute Gasteiger partial charge is 0.410 e. The third kappa shape index (κ3) is 2.37. The first-order valence-corrected chi connectivity index (χ1v) is 7.52. The van der Waals surface area contributed by atoms with Crippen LogP contribution < -0.4 is 0 Å². The molecule has 0 aliphatic carbocycles. The minimum absolute atomic E-state index is 0.0125. The second kappa shape index (κ2) is 5.40. The molecule has 0 aromatic heterocycles. The summed E-state index contributed by atoms with van der Waals surface area (Å²) in [6.45, 7) is 6.85. The zero-order chi connectivity index (χ0) is 15.0. The van der Waals surface area contributed by atoms with Crippen LogP contribution in [0.3, 0.4) is 0 Å². The molecule has 0 saturated carbocycles. The molecule has 1 fully saturated rings. The van der Waals surface area contributed by atoms with Crippen LogP contribution in [0.1, 0.15) is 32.4 Å². The Morgan fingerprint density at radius 1 is 1.10 bits per heavy atom. The maximum atomic E-state index is 12.1. The SMILES string of the molecule is CC(C)[C@H]1COC(=O)N1[C@@H](C)c1cccc2ccccc12. The van der Waals surface area contributed by atoms with Gasteiger partial charge in [-0.25, -0.2) is 4.79 Å². The molecule has 2 aromatic carbocycles. The predicted octanol–water partition coefficient (Wildman–Crippen LogP) is 4.38. The number of hydrogen-bond donors (Lipinski definition) is 0. The molecule has 3 heteroatoms. The van der Waals surface area contributed by atoms with Gasteiger partial charge in [-0.2, -0.15) is 0 Å². The number of carbonyl (C=O) groups excluding carboxylic acids is 1. The van der Waals surface area contributed by atoms with Gasteiger partial charge >= 0.3 is 6.09 Å². The summed E-state index contributed by atoms with van der Waals surface area (Å²) >= 11 is 0. The van der Waals surface area contributed by atoms with Crippen molar-refractivity contribution in [3.05, 3.63) is 48.0 Å². The Kier molecular flexibility index (Phi) is 3.58. The van der Waals surface area contributed by atoms with Crippen molar-refractivity contribution in [1.29, 1.82) is 0 Å². The fourth-order valence-electron chi connectivity index (χ4n) is 3.17. The van der Waals surface area contributed by atoms with E-state index in [1.165, 1.54) is 16.3 Å². The van der Waals surface area contributed by atoms with Gasteiger partial charge in [0.15, 0.2) is 0 Å². The quantitative estimate of drug-likeness (QED) is 0.836. The molecular formula is C18H21NO2. The molecule has 1 heterocycles. The number of hydrogen-bond acceptors (Lipinski definition) is 2. The third-order valence-electron chi connectivity index (χ3n) is 4.41. The van der Waals surface area contributed by atoms with Crippen molar-refractivity contribution in [3.63, 3.8) is 0 Å². The van der Waals surface area contributed by atoms with Gasteiger partial charge in [-0.3, -0.25) is 4.90 Å². The van der Waals surface area contributed by atoms with Crippen LogP contribution in [-0.2, 0) is 4.74 Å². The van der Waals surface area contributed by atoms with Crippen LogP contribution in [0.25, 0.3) is 10.8 Å². The number of nitrogens with zero attached hydrogens (tertiary/aromatic N) is 1. The van der Waals surface area contributed by atoms with Crippen LogP contribution in [0.5, 0.6) is 0 Å². The van der Waals surface area contributed by atoms with Gasteiger partial charge in [0.1, 0.15) is 6.61 Å². The summed E-state index contributed by atoms with van der Waals surface area (Å²) in [5, 5.41) is 2.41. The Hall–Kier alpha value is -2.03. The highest BCUT2D eigenvalue weighted by molar-refractivity contribution is 5.86. The van der Waals surface area contributed by atoms with E-state index in [0.717, 1.165) is 0 Å². The van der Waals surface area contributed by atoms with Crippen LogP contribution in [0.4, 0.5) is 4.79 Å². The fourth-order valence-corrected chi connectivity index (χ4v) is 3.17. The highest BCUT2D eigenvalue weighted by Gasteiger charge is 2.38. The first-order chi connectivity index (χ1) is 10.1. The van der Waals surface area contributed by atoms with E-state index in [4.69, 9.17) is 4.74 Å². The van der Waals surface area contributed by atoms with Gasteiger partial charge in [-0.1, -0.05) is 56.3 Å². The number of benzene rings is 2. The zero-order valence-corrected chi connectivity index (χ0v) is 12.7. The number of amides is 1. The molecule has 1 aliphatic heterocycles. The third-order valence-corrected chi connectivity index (χ3v) is 4.41. The molecule has 3 nitrogen and oxygen atoms in total. The summed E-state index contributed by atoms with van der Waals surface area (Å²) < 4.78 is 5.28. The van der Waals surface area contributed by atoms with Gasteiger partial charge in [0.05, 0.1) is 12.1 Å². The number of ether oxygens (including phenoxy) is 1. The van der Waals surface area contributed by atoms with Crippen LogP contribution in [0.15, 0.2) is 42.5 Å². The Labute approximate surface area is 125 Å². The summed E-state index contributed by atoms with van der Waals surface area (Å²) in [5.74, 6) is 0.383. The average molecular weight is 283 g/mol. The van der Waals surface area contributed by atoms with Gasteiger partial charge in [0.2, 0.25) is 0 Å². The monoisotopic (exact) mass is 283 g/mol. The average Bonchev–Trinajstić information content (AvgIpc) is 2.88. The molecule has 3 rings (SSSR count). The maximum Gasteiger partial charge on any atom is 0.410 e. The van der Waals surface area contributed by atoms with E-state index >= 15 is 0 Å². The highest BCUT2D eigenvalue weighted by atomic mass is 16.6. The van der Waals surface area contributed by atoms with Crippen LogP contribution in [0.2, 0.25) is 0 Å². The van der Waals surface area contributed by atoms with Crippen molar-refractivity contribution < 1.29 is 9.53 Å². The molecule has 0 radical (unpaired) electrons. The maximum absolute atomic E-state index is 12.1. The van der Waals surface area contributed by atoms with E-state index < -0.39 is 0 Å². The summed E-state index contributed by atoms with van der Waals surface area (Å²) in [6, 6.07) is 14.7. The molecule has 2 atom stereocenters. The van der Waals surface area contributed by atoms with Crippen molar-refractivity contribution in [3.8, 4) is 0 Å². The molecule has 1 aliphatic rings. The zero-order valence-electron chi connectivity index (χ0n) is 12.7. The van der Waals surface area contributed by atoms with E-state index in [1.54, 1.807) is 0 Å². The van der Waals surface area contributed by atoms with Gasteiger partial charge in [-0.05, 0) is 29.2 Å². The van der Waals surface area contributed by atoms with Crippen LogP contribution in [0, 0.1) is 5.92 Å². The van der Waals surface area contributed by atoms with Gasteiger partial charge in [0, 0.05) is 0 Å². The van der Waals surface area contributed by atoms with E-state index in [9.17, 15) is 4.79 Å². The summed E-state index contributed by atoms with van der Waals surface area (Å²) in [4.78, 5) is 14.0. The standard InChI is InChI=1S/C18H21NO2/c1-12(2)17-11-21-18(20)19(17)13(3)15-10-6-8-14-7-4-5-9-16(14)15/h4-10,12-13,17H,11H2,1-3H3/t13-,17+/m0/s1. The van der Waals surface area contributed by atoms with E-state index in [1.807, 2.05) is 17.0 Å². The molecule has 0 unspecified atom stereocenters. The molecule has 21 heavy (non-hydrogen) atoms. The Morgan fingerprint density at radius 2 is 1.81 bits per heavy atom. The van der Waals surface area contributed by atoms with Crippen molar-refractivity contribution in [2.45, 2.75) is 32.9 Å². The summed E-state index contributed by atoms with van der Waals surface area (Å²) in [7, 11) is 0. The Balaban J connectivity index is 2.03. The molecular weight excluding hydrogens is 262 g/mol. The first kappa shape index (κ1) is 13.9. The number of carbonyl (C=O) groups is 1. The molecule has 0 N–H and O–H groups in total. The minimum Gasteiger partial charge on any atom is -0.447 e. The molecule has 0 bridgehead atoms. The van der Waals surface area contributed by atoms with Gasteiger partial charge in [0.25, 0.3) is 0 Å². The van der Waals surface area contributed by atoms with Crippen molar-refractivity contribution in [2.75, 3.05) is 6.61 Å². The van der Waals surface area contributed by atoms with Crippen molar-refractivity contribution >= 4 is 16.9 Å². The van der Waals surface area contributed by atoms with Crippen molar-refractivity contribution in [1.82, 2.24) is 4.90 Å².